The Morgan fingerprint density at radius 3 is 2.71 bits per heavy atom. The Balaban J connectivity index is 1.89. The van der Waals surface area contributed by atoms with E-state index in [-0.39, 0.29) is 10.1 Å². The van der Waals surface area contributed by atoms with Gasteiger partial charge in [-0.15, -0.1) is 20.4 Å². The number of aromatic nitrogens is 2. The molecule has 2 atom stereocenters. The Kier molecular flexibility index (Phi) is 9.31. The summed E-state index contributed by atoms with van der Waals surface area (Å²) in [5, 5.41) is 16.4. The number of hydrogen-bond acceptors (Lipinski definition) is 9. The van der Waals surface area contributed by atoms with Gasteiger partial charge in [-0.05, 0) is 64.2 Å². The number of aryl methyl sites for hydroxylation is 1. The molecule has 0 amide bonds. The Labute approximate surface area is 213 Å². The maximum Gasteiger partial charge on any atom is 0.370 e. The van der Waals surface area contributed by atoms with Crippen molar-refractivity contribution in [1.82, 2.24) is 10.2 Å². The fourth-order valence-electron chi connectivity index (χ4n) is 4.04. The summed E-state index contributed by atoms with van der Waals surface area (Å²) in [5.74, 6) is -0.572. The van der Waals surface area contributed by atoms with Crippen molar-refractivity contribution in [3.63, 3.8) is 0 Å². The molecule has 12 heteroatoms. The molecule has 3 rings (SSSR count). The zero-order valence-electron chi connectivity index (χ0n) is 20.9. The zero-order valence-corrected chi connectivity index (χ0v) is 22.5. The molecule has 0 spiro atoms. The topological polar surface area (TPSA) is 129 Å². The third-order valence-electron chi connectivity index (χ3n) is 5.60. The van der Waals surface area contributed by atoms with Crippen molar-refractivity contribution in [2.24, 2.45) is 10.2 Å². The van der Waals surface area contributed by atoms with Gasteiger partial charge in [0.05, 0.1) is 5.69 Å². The predicted molar refractivity (Wildman–Crippen MR) is 139 cm³/mol. The highest BCUT2D eigenvalue weighted by atomic mass is 32.2. The first-order chi connectivity index (χ1) is 16.6. The van der Waals surface area contributed by atoms with E-state index in [1.807, 2.05) is 12.1 Å². The van der Waals surface area contributed by atoms with Crippen molar-refractivity contribution < 1.29 is 18.3 Å². The molecule has 0 bridgehead atoms. The van der Waals surface area contributed by atoms with Gasteiger partial charge in [0.15, 0.2) is 0 Å². The van der Waals surface area contributed by atoms with Gasteiger partial charge >= 0.3 is 5.97 Å². The van der Waals surface area contributed by atoms with Gasteiger partial charge < -0.3 is 9.64 Å². The summed E-state index contributed by atoms with van der Waals surface area (Å²) in [4.78, 5) is 14.6. The Bertz CT molecular complexity index is 1080. The van der Waals surface area contributed by atoms with Gasteiger partial charge in [-0.25, -0.2) is 9.00 Å². The number of hydrogen-bond donors (Lipinski definition) is 2. The summed E-state index contributed by atoms with van der Waals surface area (Å²) in [7, 11) is 0. The molecule has 1 aromatic heterocycles. The number of nitrogens with one attached hydrogen (secondary N) is 1. The maximum atomic E-state index is 12.2. The smallest absolute Gasteiger partial charge is 0.370 e. The van der Waals surface area contributed by atoms with Crippen LogP contribution in [-0.2, 0) is 22.4 Å². The van der Waals surface area contributed by atoms with Crippen molar-refractivity contribution in [2.75, 3.05) is 16.2 Å². The van der Waals surface area contributed by atoms with Crippen molar-refractivity contribution >= 4 is 50.8 Å². The Hall–Kier alpha value is -2.44. The van der Waals surface area contributed by atoms with Crippen LogP contribution in [0, 0.1) is 0 Å². The minimum absolute atomic E-state index is 0.0856. The highest BCUT2D eigenvalue weighted by Crippen LogP contribution is 2.40. The third kappa shape index (κ3) is 7.52. The van der Waals surface area contributed by atoms with Gasteiger partial charge in [-0.2, -0.15) is 0 Å². The predicted octanol–water partition coefficient (Wildman–Crippen LogP) is 6.18. The number of carbonyl (C=O) groups excluding carboxylic acids is 1. The lowest BCUT2D eigenvalue weighted by atomic mass is 9.93. The molecule has 2 N–H and O–H groups in total. The quantitative estimate of drug-likeness (QED) is 0.165. The van der Waals surface area contributed by atoms with Crippen LogP contribution in [0.15, 0.2) is 22.4 Å². The number of benzene rings is 1. The van der Waals surface area contributed by atoms with Crippen LogP contribution in [0.2, 0.25) is 0 Å². The van der Waals surface area contributed by atoms with E-state index in [1.165, 1.54) is 0 Å². The van der Waals surface area contributed by atoms with Crippen LogP contribution in [0.1, 0.15) is 82.1 Å². The average molecular weight is 523 g/mol. The van der Waals surface area contributed by atoms with Crippen molar-refractivity contribution in [3.8, 4) is 0 Å². The van der Waals surface area contributed by atoms with Crippen LogP contribution < -0.4 is 9.62 Å². The van der Waals surface area contributed by atoms with Crippen LogP contribution in [0.4, 0.5) is 22.2 Å². The van der Waals surface area contributed by atoms with Crippen molar-refractivity contribution in [1.29, 1.82) is 0 Å². The number of azo groups is 1. The summed E-state index contributed by atoms with van der Waals surface area (Å²) in [6.07, 6.45) is 6.38. The highest BCUT2D eigenvalue weighted by Gasteiger charge is 2.27. The first-order valence-electron chi connectivity index (χ1n) is 11.9. The molecule has 0 radical (unpaired) electrons. The van der Waals surface area contributed by atoms with Gasteiger partial charge in [0.2, 0.25) is 5.01 Å². The monoisotopic (exact) mass is 522 g/mol. The van der Waals surface area contributed by atoms with Gasteiger partial charge in [0.25, 0.3) is 16.4 Å². The van der Waals surface area contributed by atoms with Crippen LogP contribution in [0.25, 0.3) is 0 Å². The van der Waals surface area contributed by atoms with Gasteiger partial charge in [-0.3, -0.25) is 9.27 Å². The van der Waals surface area contributed by atoms with E-state index in [0.717, 1.165) is 67.7 Å². The molecule has 0 fully saturated rings. The van der Waals surface area contributed by atoms with E-state index in [9.17, 15) is 13.6 Å². The Morgan fingerprint density at radius 1 is 1.29 bits per heavy atom. The molecule has 1 aliphatic rings. The largest absolute Gasteiger partial charge is 0.455 e. The average Bonchev–Trinajstić information content (AvgIpc) is 3.26. The second-order valence-corrected chi connectivity index (χ2v) is 11.1. The molecule has 0 saturated carbocycles. The molecular weight excluding hydrogens is 488 g/mol. The number of rotatable bonds is 10. The molecule has 1 aliphatic heterocycles. The summed E-state index contributed by atoms with van der Waals surface area (Å²) in [6, 6.07) is 4.23. The lowest BCUT2D eigenvalue weighted by Crippen LogP contribution is -2.39. The number of unbranched alkanes of at least 4 members (excludes halogenated alkanes) is 2. The highest BCUT2D eigenvalue weighted by molar-refractivity contribution is 7.80. The van der Waals surface area contributed by atoms with E-state index in [4.69, 9.17) is 4.74 Å². The normalized spacial score (nSPS) is 16.9. The minimum Gasteiger partial charge on any atom is -0.455 e. The van der Waals surface area contributed by atoms with Crippen molar-refractivity contribution in [2.45, 2.75) is 84.8 Å². The Morgan fingerprint density at radius 2 is 2.06 bits per heavy atom. The number of anilines is 2. The van der Waals surface area contributed by atoms with E-state index in [0.29, 0.717) is 17.4 Å². The maximum absolute atomic E-state index is 12.2. The molecular formula is C23H34N6O4S2. The second kappa shape index (κ2) is 12.0. The summed E-state index contributed by atoms with van der Waals surface area (Å²) >= 11 is -1.30. The van der Waals surface area contributed by atoms with E-state index in [1.54, 1.807) is 20.8 Å². The molecule has 2 heterocycles. The zero-order chi connectivity index (χ0) is 25.6. The molecule has 1 aromatic carbocycles. The lowest BCUT2D eigenvalue weighted by Gasteiger charge is -2.39. The van der Waals surface area contributed by atoms with Gasteiger partial charge in [0, 0.05) is 18.3 Å². The number of ether oxygens (including phenoxy) is 1. The lowest BCUT2D eigenvalue weighted by molar-refractivity contribution is 0.00683. The number of esters is 1. The molecule has 2 unspecified atom stereocenters. The molecule has 35 heavy (non-hydrogen) atoms. The molecule has 0 saturated heterocycles. The fraction of sp³-hybridized carbons (Fsp3) is 0.609. The van der Waals surface area contributed by atoms with E-state index < -0.39 is 22.8 Å². The van der Waals surface area contributed by atoms with E-state index >= 15 is 0 Å². The second-order valence-electron chi connectivity index (χ2n) is 9.44. The first kappa shape index (κ1) is 27.2. The van der Waals surface area contributed by atoms with Crippen molar-refractivity contribution in [3.05, 3.63) is 22.7 Å². The number of nitrogens with zero attached hydrogens (tertiary/aromatic N) is 5. The first-order valence-corrected chi connectivity index (χ1v) is 13.8. The van der Waals surface area contributed by atoms with Crippen LogP contribution >= 0.6 is 11.3 Å². The standard InChI is InChI=1S/C23H34N6O4S2/c1-6-8-9-12-29-16(7-2)11-10-15-13-17(18(14-19(15)29)28-35(31)32)24-26-22-27-25-20(34-22)21(30)33-23(3,4)5/h13-14,16,28H,6-12H2,1-5H3,(H,31,32). The van der Waals surface area contributed by atoms with Crippen LogP contribution in [0.5, 0.6) is 0 Å². The van der Waals surface area contributed by atoms with Crippen LogP contribution in [0.3, 0.4) is 0 Å². The molecule has 0 aliphatic carbocycles. The number of fused-ring (bicyclic) bond motifs is 1. The number of carbonyl (C=O) groups is 1. The molecule has 2 aromatic rings. The summed E-state index contributed by atoms with van der Waals surface area (Å²) in [6.45, 7) is 10.6. The molecule has 192 valence electrons. The van der Waals surface area contributed by atoms with E-state index in [2.05, 4.69) is 43.9 Å². The SMILES string of the molecule is CCCCCN1c2cc(NS(=O)O)c(N=Nc3nnc(C(=O)OC(C)(C)C)s3)cc2CCC1CC. The summed E-state index contributed by atoms with van der Waals surface area (Å²) in [5.41, 5.74) is 2.37. The third-order valence-corrected chi connectivity index (χ3v) is 6.78. The van der Waals surface area contributed by atoms with Gasteiger partial charge in [0.1, 0.15) is 11.3 Å². The molecule has 10 nitrogen and oxygen atoms in total. The fourth-order valence-corrected chi connectivity index (χ4v) is 4.93. The summed E-state index contributed by atoms with van der Waals surface area (Å²) < 4.78 is 29.0. The van der Waals surface area contributed by atoms with Crippen LogP contribution in [-0.4, -0.2) is 43.1 Å². The minimum atomic E-state index is -2.27. The van der Waals surface area contributed by atoms with Gasteiger partial charge in [-0.1, -0.05) is 38.0 Å².